The lowest BCUT2D eigenvalue weighted by Gasteiger charge is -2.23. The summed E-state index contributed by atoms with van der Waals surface area (Å²) in [5.41, 5.74) is 1.68. The van der Waals surface area contributed by atoms with Gasteiger partial charge in [0.25, 0.3) is 0 Å². The molecule has 2 aromatic rings. The molecular formula is C20H21N3O4S. The van der Waals surface area contributed by atoms with Gasteiger partial charge >= 0.3 is 0 Å². The maximum absolute atomic E-state index is 12.7. The number of thiazole rings is 1. The first-order valence-electron chi connectivity index (χ1n) is 9.63. The molecule has 2 fully saturated rings. The Labute approximate surface area is 166 Å². The minimum Gasteiger partial charge on any atom is -0.454 e. The van der Waals surface area contributed by atoms with Crippen LogP contribution in [0.4, 0.5) is 5.13 Å². The lowest BCUT2D eigenvalue weighted by molar-refractivity contribution is -0.129. The zero-order valence-electron chi connectivity index (χ0n) is 15.3. The lowest BCUT2D eigenvalue weighted by Crippen LogP contribution is -2.35. The standard InChI is InChI=1S/C20H21N3O4S/c24-18-8-13(9-23(18)14-3-1-2-4-14)19(25)22-20-21-15(10-28-20)12-5-6-16-17(7-12)27-11-26-16/h5-7,10,13-14H,1-4,8-9,11H2,(H,21,22,25)/t13-/m0/s1. The molecule has 8 heteroatoms. The summed E-state index contributed by atoms with van der Waals surface area (Å²) in [6, 6.07) is 5.99. The molecular weight excluding hydrogens is 378 g/mol. The molecule has 1 saturated heterocycles. The molecule has 1 atom stereocenters. The molecule has 7 nitrogen and oxygen atoms in total. The molecule has 0 spiro atoms. The number of benzene rings is 1. The Kier molecular flexibility index (Phi) is 4.43. The van der Waals surface area contributed by atoms with Crippen molar-refractivity contribution in [3.05, 3.63) is 23.6 Å². The summed E-state index contributed by atoms with van der Waals surface area (Å²) in [4.78, 5) is 31.4. The second-order valence-corrected chi connectivity index (χ2v) is 8.34. The Morgan fingerprint density at radius 2 is 2.04 bits per heavy atom. The van der Waals surface area contributed by atoms with E-state index in [1.807, 2.05) is 28.5 Å². The Balaban J connectivity index is 1.24. The first kappa shape index (κ1) is 17.5. The van der Waals surface area contributed by atoms with Crippen molar-refractivity contribution in [2.24, 2.45) is 5.92 Å². The molecule has 1 saturated carbocycles. The van der Waals surface area contributed by atoms with E-state index in [-0.39, 0.29) is 24.5 Å². The maximum Gasteiger partial charge on any atom is 0.231 e. The number of amides is 2. The second-order valence-electron chi connectivity index (χ2n) is 7.48. The Bertz CT molecular complexity index is 922. The Morgan fingerprint density at radius 1 is 1.21 bits per heavy atom. The van der Waals surface area contributed by atoms with E-state index < -0.39 is 0 Å². The summed E-state index contributed by atoms with van der Waals surface area (Å²) in [6.07, 6.45) is 4.76. The molecule has 1 aromatic carbocycles. The Morgan fingerprint density at radius 3 is 2.89 bits per heavy atom. The minimum atomic E-state index is -0.300. The van der Waals surface area contributed by atoms with Crippen molar-refractivity contribution >= 4 is 28.3 Å². The molecule has 2 amide bonds. The molecule has 0 radical (unpaired) electrons. The number of likely N-dealkylation sites (tertiary alicyclic amines) is 1. The zero-order chi connectivity index (χ0) is 19.1. The zero-order valence-corrected chi connectivity index (χ0v) is 16.2. The van der Waals surface area contributed by atoms with Crippen LogP contribution in [-0.4, -0.2) is 41.1 Å². The van der Waals surface area contributed by atoms with E-state index in [2.05, 4.69) is 10.3 Å². The number of ether oxygens (including phenoxy) is 2. The fraction of sp³-hybridized carbons (Fsp3) is 0.450. The van der Waals surface area contributed by atoms with Crippen LogP contribution in [0.2, 0.25) is 0 Å². The van der Waals surface area contributed by atoms with Crippen LogP contribution >= 0.6 is 11.3 Å². The van der Waals surface area contributed by atoms with Gasteiger partial charge in [-0.1, -0.05) is 12.8 Å². The van der Waals surface area contributed by atoms with Crippen LogP contribution in [0.3, 0.4) is 0 Å². The highest BCUT2D eigenvalue weighted by atomic mass is 32.1. The van der Waals surface area contributed by atoms with Crippen molar-refractivity contribution in [3.8, 4) is 22.8 Å². The number of nitrogens with zero attached hydrogens (tertiary/aromatic N) is 2. The predicted molar refractivity (Wildman–Crippen MR) is 104 cm³/mol. The number of hydrogen-bond donors (Lipinski definition) is 1. The third kappa shape index (κ3) is 3.22. The van der Waals surface area contributed by atoms with Crippen molar-refractivity contribution in [2.75, 3.05) is 18.7 Å². The van der Waals surface area contributed by atoms with Crippen molar-refractivity contribution in [1.82, 2.24) is 9.88 Å². The highest BCUT2D eigenvalue weighted by molar-refractivity contribution is 7.14. The summed E-state index contributed by atoms with van der Waals surface area (Å²) in [6.45, 7) is 0.755. The van der Waals surface area contributed by atoms with Crippen molar-refractivity contribution in [3.63, 3.8) is 0 Å². The summed E-state index contributed by atoms with van der Waals surface area (Å²) < 4.78 is 10.7. The number of rotatable bonds is 4. The van der Waals surface area contributed by atoms with Crippen LogP contribution in [0.5, 0.6) is 11.5 Å². The molecule has 5 rings (SSSR count). The van der Waals surface area contributed by atoms with E-state index in [4.69, 9.17) is 9.47 Å². The number of nitrogens with one attached hydrogen (secondary N) is 1. The van der Waals surface area contributed by atoms with Crippen molar-refractivity contribution in [2.45, 2.75) is 38.1 Å². The number of anilines is 1. The van der Waals surface area contributed by atoms with E-state index in [1.54, 1.807) is 0 Å². The quantitative estimate of drug-likeness (QED) is 0.853. The van der Waals surface area contributed by atoms with Crippen LogP contribution in [0.1, 0.15) is 32.1 Å². The van der Waals surface area contributed by atoms with E-state index in [1.165, 1.54) is 24.2 Å². The molecule has 3 heterocycles. The third-order valence-corrected chi connectivity index (χ3v) is 6.46. The number of carbonyl (C=O) groups is 2. The lowest BCUT2D eigenvalue weighted by atomic mass is 10.1. The van der Waals surface area contributed by atoms with Gasteiger partial charge in [0.15, 0.2) is 16.6 Å². The van der Waals surface area contributed by atoms with Gasteiger partial charge in [-0.15, -0.1) is 11.3 Å². The molecule has 0 unspecified atom stereocenters. The van der Waals surface area contributed by atoms with E-state index >= 15 is 0 Å². The van der Waals surface area contributed by atoms with Crippen LogP contribution in [0.15, 0.2) is 23.6 Å². The smallest absolute Gasteiger partial charge is 0.231 e. The molecule has 1 aromatic heterocycles. The number of carbonyl (C=O) groups excluding carboxylic acids is 2. The summed E-state index contributed by atoms with van der Waals surface area (Å²) in [7, 11) is 0. The van der Waals surface area contributed by atoms with E-state index in [0.717, 1.165) is 29.8 Å². The van der Waals surface area contributed by atoms with Gasteiger partial charge in [0.1, 0.15) is 0 Å². The topological polar surface area (TPSA) is 80.8 Å². The molecule has 0 bridgehead atoms. The fourth-order valence-electron chi connectivity index (χ4n) is 4.20. The molecule has 3 aliphatic rings. The van der Waals surface area contributed by atoms with Gasteiger partial charge < -0.3 is 19.7 Å². The SMILES string of the molecule is O=C(Nc1nc(-c2ccc3c(c2)OCO3)cs1)[C@H]1CC(=O)N(C2CCCC2)C1. The van der Waals surface area contributed by atoms with Gasteiger partial charge in [0.05, 0.1) is 11.6 Å². The van der Waals surface area contributed by atoms with Crippen LogP contribution < -0.4 is 14.8 Å². The van der Waals surface area contributed by atoms with Crippen LogP contribution in [0.25, 0.3) is 11.3 Å². The van der Waals surface area contributed by atoms with Gasteiger partial charge in [0.2, 0.25) is 18.6 Å². The van der Waals surface area contributed by atoms with Gasteiger partial charge in [0, 0.05) is 30.0 Å². The molecule has 28 heavy (non-hydrogen) atoms. The predicted octanol–water partition coefficient (Wildman–Crippen LogP) is 3.27. The third-order valence-electron chi connectivity index (χ3n) is 5.70. The fourth-order valence-corrected chi connectivity index (χ4v) is 4.93. The largest absolute Gasteiger partial charge is 0.454 e. The monoisotopic (exact) mass is 399 g/mol. The van der Waals surface area contributed by atoms with Gasteiger partial charge in [-0.25, -0.2) is 4.98 Å². The average molecular weight is 399 g/mol. The van der Waals surface area contributed by atoms with E-state index in [9.17, 15) is 9.59 Å². The van der Waals surface area contributed by atoms with Gasteiger partial charge in [-0.3, -0.25) is 9.59 Å². The first-order valence-corrected chi connectivity index (χ1v) is 10.5. The number of fused-ring (bicyclic) bond motifs is 1. The number of aromatic nitrogens is 1. The molecule has 1 N–H and O–H groups in total. The second kappa shape index (κ2) is 7.09. The van der Waals surface area contributed by atoms with Crippen molar-refractivity contribution in [1.29, 1.82) is 0 Å². The van der Waals surface area contributed by atoms with Crippen molar-refractivity contribution < 1.29 is 19.1 Å². The molecule has 1 aliphatic carbocycles. The molecule has 146 valence electrons. The van der Waals surface area contributed by atoms with Crippen LogP contribution in [-0.2, 0) is 9.59 Å². The number of hydrogen-bond acceptors (Lipinski definition) is 6. The maximum atomic E-state index is 12.7. The highest BCUT2D eigenvalue weighted by Crippen LogP contribution is 2.37. The normalized spacial score (nSPS) is 21.5. The summed E-state index contributed by atoms with van der Waals surface area (Å²) >= 11 is 1.38. The van der Waals surface area contributed by atoms with Gasteiger partial charge in [-0.05, 0) is 31.0 Å². The van der Waals surface area contributed by atoms with Crippen LogP contribution in [0, 0.1) is 5.92 Å². The highest BCUT2D eigenvalue weighted by Gasteiger charge is 2.38. The first-order chi connectivity index (χ1) is 13.7. The minimum absolute atomic E-state index is 0.104. The summed E-state index contributed by atoms with van der Waals surface area (Å²) in [5.74, 6) is 1.11. The average Bonchev–Trinajstić information content (AvgIpc) is 3.47. The van der Waals surface area contributed by atoms with Gasteiger partial charge in [-0.2, -0.15) is 0 Å². The van der Waals surface area contributed by atoms with E-state index in [0.29, 0.717) is 29.9 Å². The molecule has 2 aliphatic heterocycles. The Hall–Kier alpha value is -2.61. The summed E-state index contributed by atoms with van der Waals surface area (Å²) in [5, 5.41) is 5.34.